The zero-order valence-electron chi connectivity index (χ0n) is 9.76. The minimum absolute atomic E-state index is 0.263. The van der Waals surface area contributed by atoms with Crippen LogP contribution in [0.2, 0.25) is 0 Å². The van der Waals surface area contributed by atoms with Gasteiger partial charge in [-0.25, -0.2) is 9.37 Å². The first kappa shape index (κ1) is 10.7. The highest BCUT2D eigenvalue weighted by atomic mass is 19.1. The van der Waals surface area contributed by atoms with Crippen molar-refractivity contribution in [1.29, 1.82) is 0 Å². The first-order valence-corrected chi connectivity index (χ1v) is 5.51. The molecule has 2 heterocycles. The Morgan fingerprint density at radius 1 is 1.28 bits per heavy atom. The molecule has 0 radical (unpaired) electrons. The molecule has 0 fully saturated rings. The van der Waals surface area contributed by atoms with Crippen molar-refractivity contribution in [2.45, 2.75) is 6.92 Å². The highest BCUT2D eigenvalue weighted by Crippen LogP contribution is 2.24. The number of nitrogens with zero attached hydrogens (tertiary/aromatic N) is 3. The number of halogens is 1. The van der Waals surface area contributed by atoms with E-state index in [9.17, 15) is 4.39 Å². The number of benzene rings is 1. The number of nitrogen functional groups attached to an aromatic ring is 1. The molecule has 0 aliphatic heterocycles. The molecule has 0 bridgehead atoms. The van der Waals surface area contributed by atoms with E-state index in [2.05, 4.69) is 9.97 Å². The Kier molecular flexibility index (Phi) is 2.26. The van der Waals surface area contributed by atoms with Crippen LogP contribution in [0.25, 0.3) is 16.7 Å². The average molecular weight is 242 g/mol. The van der Waals surface area contributed by atoms with Crippen LogP contribution in [0.3, 0.4) is 0 Å². The van der Waals surface area contributed by atoms with Crippen LogP contribution in [0.1, 0.15) is 5.56 Å². The summed E-state index contributed by atoms with van der Waals surface area (Å²) in [7, 11) is 0. The third-order valence-electron chi connectivity index (χ3n) is 2.88. The van der Waals surface area contributed by atoms with Crippen LogP contribution < -0.4 is 5.73 Å². The fraction of sp³-hybridized carbons (Fsp3) is 0.0769. The van der Waals surface area contributed by atoms with Gasteiger partial charge in [-0.3, -0.25) is 9.55 Å². The molecule has 0 amide bonds. The van der Waals surface area contributed by atoms with E-state index >= 15 is 0 Å². The molecule has 0 unspecified atom stereocenters. The van der Waals surface area contributed by atoms with Gasteiger partial charge in [0.05, 0.1) is 17.4 Å². The summed E-state index contributed by atoms with van der Waals surface area (Å²) in [6.45, 7) is 1.84. The van der Waals surface area contributed by atoms with Crippen LogP contribution in [0, 0.1) is 12.7 Å². The second-order valence-electron chi connectivity index (χ2n) is 4.10. The van der Waals surface area contributed by atoms with Crippen molar-refractivity contribution in [3.8, 4) is 5.69 Å². The minimum Gasteiger partial charge on any atom is -0.369 e. The van der Waals surface area contributed by atoms with E-state index in [1.165, 1.54) is 12.1 Å². The number of hydrogen-bond acceptors (Lipinski definition) is 3. The van der Waals surface area contributed by atoms with Gasteiger partial charge >= 0.3 is 0 Å². The zero-order valence-corrected chi connectivity index (χ0v) is 9.76. The Morgan fingerprint density at radius 3 is 2.89 bits per heavy atom. The lowest BCUT2D eigenvalue weighted by atomic mass is 10.2. The lowest BCUT2D eigenvalue weighted by Gasteiger charge is -2.09. The van der Waals surface area contributed by atoms with E-state index in [0.29, 0.717) is 5.95 Å². The summed E-state index contributed by atoms with van der Waals surface area (Å²) >= 11 is 0. The smallest absolute Gasteiger partial charge is 0.205 e. The lowest BCUT2D eigenvalue weighted by Crippen LogP contribution is -2.02. The van der Waals surface area contributed by atoms with Gasteiger partial charge in [0.1, 0.15) is 11.3 Å². The lowest BCUT2D eigenvalue weighted by molar-refractivity contribution is 0.626. The summed E-state index contributed by atoms with van der Waals surface area (Å²) in [6, 6.07) is 6.42. The first-order valence-electron chi connectivity index (χ1n) is 5.51. The van der Waals surface area contributed by atoms with Crippen LogP contribution in [0.4, 0.5) is 10.3 Å². The molecule has 2 N–H and O–H groups in total. The van der Waals surface area contributed by atoms with Crippen molar-refractivity contribution < 1.29 is 4.39 Å². The second kappa shape index (κ2) is 3.80. The van der Waals surface area contributed by atoms with Gasteiger partial charge in [-0.1, -0.05) is 0 Å². The van der Waals surface area contributed by atoms with Crippen LogP contribution in [0.5, 0.6) is 0 Å². The largest absolute Gasteiger partial charge is 0.369 e. The van der Waals surface area contributed by atoms with Crippen LogP contribution >= 0.6 is 0 Å². The summed E-state index contributed by atoms with van der Waals surface area (Å²) in [4.78, 5) is 8.24. The molecular formula is C13H11FN4. The molecule has 2 aromatic heterocycles. The summed E-state index contributed by atoms with van der Waals surface area (Å²) in [6.07, 6.45) is 3.33. The number of aryl methyl sites for hydroxylation is 1. The second-order valence-corrected chi connectivity index (χ2v) is 4.10. The van der Waals surface area contributed by atoms with E-state index in [1.807, 2.05) is 13.0 Å². The van der Waals surface area contributed by atoms with Crippen LogP contribution in [-0.4, -0.2) is 14.5 Å². The van der Waals surface area contributed by atoms with Gasteiger partial charge in [0.25, 0.3) is 0 Å². The summed E-state index contributed by atoms with van der Waals surface area (Å²) in [5, 5.41) is 0. The van der Waals surface area contributed by atoms with Crippen LogP contribution in [0.15, 0.2) is 36.7 Å². The van der Waals surface area contributed by atoms with Gasteiger partial charge in [-0.15, -0.1) is 0 Å². The van der Waals surface area contributed by atoms with E-state index < -0.39 is 0 Å². The Balaban J connectivity index is 2.34. The van der Waals surface area contributed by atoms with Crippen molar-refractivity contribution in [2.24, 2.45) is 0 Å². The molecule has 1 aromatic carbocycles. The summed E-state index contributed by atoms with van der Waals surface area (Å²) in [5.74, 6) is 0.105. The molecule has 5 heteroatoms. The predicted octanol–water partition coefficient (Wildman–Crippen LogP) is 2.45. The molecule has 3 rings (SSSR count). The number of nitrogens with two attached hydrogens (primary N) is 1. The Hall–Kier alpha value is -2.43. The fourth-order valence-corrected chi connectivity index (χ4v) is 2.07. The molecule has 0 aliphatic carbocycles. The highest BCUT2D eigenvalue weighted by Gasteiger charge is 2.11. The number of hydrogen-bond donors (Lipinski definition) is 1. The quantitative estimate of drug-likeness (QED) is 0.713. The first-order chi connectivity index (χ1) is 8.66. The van der Waals surface area contributed by atoms with Gasteiger partial charge in [0.15, 0.2) is 0 Å². The third-order valence-corrected chi connectivity index (χ3v) is 2.88. The third kappa shape index (κ3) is 1.52. The van der Waals surface area contributed by atoms with Crippen molar-refractivity contribution in [3.05, 3.63) is 48.0 Å². The molecule has 90 valence electrons. The topological polar surface area (TPSA) is 56.7 Å². The van der Waals surface area contributed by atoms with E-state index in [0.717, 1.165) is 22.3 Å². The average Bonchev–Trinajstić information content (AvgIpc) is 2.66. The monoisotopic (exact) mass is 242 g/mol. The van der Waals surface area contributed by atoms with E-state index in [-0.39, 0.29) is 5.82 Å². The SMILES string of the molecule is Cc1cc(F)ccc1-n1c(N)nc2cnccc21. The zero-order chi connectivity index (χ0) is 12.7. The summed E-state index contributed by atoms with van der Waals surface area (Å²) in [5.41, 5.74) is 9.13. The molecule has 0 saturated heterocycles. The molecular weight excluding hydrogens is 231 g/mol. The number of fused-ring (bicyclic) bond motifs is 1. The molecule has 4 nitrogen and oxygen atoms in total. The van der Waals surface area contributed by atoms with Gasteiger partial charge < -0.3 is 5.73 Å². The maximum absolute atomic E-state index is 13.1. The van der Waals surface area contributed by atoms with E-state index in [1.54, 1.807) is 23.0 Å². The molecule has 0 spiro atoms. The summed E-state index contributed by atoms with van der Waals surface area (Å²) < 4.78 is 14.9. The number of anilines is 1. The fourth-order valence-electron chi connectivity index (χ4n) is 2.07. The number of pyridine rings is 1. The van der Waals surface area contributed by atoms with Crippen molar-refractivity contribution in [2.75, 3.05) is 5.73 Å². The van der Waals surface area contributed by atoms with Gasteiger partial charge in [-0.05, 0) is 36.8 Å². The molecule has 3 aromatic rings. The van der Waals surface area contributed by atoms with Gasteiger partial charge in [0.2, 0.25) is 5.95 Å². The molecule has 0 aliphatic rings. The maximum Gasteiger partial charge on any atom is 0.205 e. The maximum atomic E-state index is 13.1. The highest BCUT2D eigenvalue weighted by molar-refractivity contribution is 5.80. The molecule has 0 saturated carbocycles. The molecule has 0 atom stereocenters. The Bertz CT molecular complexity index is 733. The van der Waals surface area contributed by atoms with Crippen molar-refractivity contribution >= 4 is 17.0 Å². The van der Waals surface area contributed by atoms with Gasteiger partial charge in [-0.2, -0.15) is 0 Å². The minimum atomic E-state index is -0.263. The number of imidazole rings is 1. The predicted molar refractivity (Wildman–Crippen MR) is 68.0 cm³/mol. The molecule has 18 heavy (non-hydrogen) atoms. The Labute approximate surface area is 103 Å². The number of rotatable bonds is 1. The van der Waals surface area contributed by atoms with Gasteiger partial charge in [0, 0.05) is 6.20 Å². The van der Waals surface area contributed by atoms with Crippen molar-refractivity contribution in [1.82, 2.24) is 14.5 Å². The van der Waals surface area contributed by atoms with Crippen LogP contribution in [-0.2, 0) is 0 Å². The normalized spacial score (nSPS) is 11.0. The van der Waals surface area contributed by atoms with Crippen molar-refractivity contribution in [3.63, 3.8) is 0 Å². The Morgan fingerprint density at radius 2 is 2.11 bits per heavy atom. The van der Waals surface area contributed by atoms with E-state index in [4.69, 9.17) is 5.73 Å². The number of aromatic nitrogens is 3. The standard InChI is InChI=1S/C13H11FN4/c1-8-6-9(14)2-3-11(8)18-12-4-5-16-7-10(12)17-13(18)15/h2-7H,1H3,(H2,15,17).